The molecule has 13 N–H and O–H groups in total. The largest absolute Gasteiger partial charge is 0.504 e. The van der Waals surface area contributed by atoms with Crippen LogP contribution in [0.15, 0.2) is 60.8 Å². The fourth-order valence-electron chi connectivity index (χ4n) is 7.65. The number of nitrogens with one attached hydrogen (secondary N) is 3. The lowest BCUT2D eigenvalue weighted by Gasteiger charge is -2.33. The number of aliphatic carboxylic acids is 1. The van der Waals surface area contributed by atoms with Crippen LogP contribution < -0.4 is 42.6 Å². The first-order valence-electron chi connectivity index (χ1n) is 22.0. The highest BCUT2D eigenvalue weighted by molar-refractivity contribution is 6.00. The highest BCUT2D eigenvalue weighted by Gasteiger charge is 2.39. The lowest BCUT2D eigenvalue weighted by atomic mass is 9.93. The average Bonchev–Trinajstić information content (AvgIpc) is 4.07. The molecule has 0 radical (unpaired) electrons. The Labute approximate surface area is 387 Å². The van der Waals surface area contributed by atoms with Crippen molar-refractivity contribution in [3.05, 3.63) is 88.7 Å². The summed E-state index contributed by atoms with van der Waals surface area (Å²) >= 11 is 0. The second kappa shape index (κ2) is 21.3. The van der Waals surface area contributed by atoms with Gasteiger partial charge in [0.25, 0.3) is 5.91 Å². The van der Waals surface area contributed by atoms with Gasteiger partial charge < -0.3 is 68.0 Å². The highest BCUT2D eigenvalue weighted by atomic mass is 16.5. The molecule has 6 rings (SSSR count). The van der Waals surface area contributed by atoms with Gasteiger partial charge in [0.15, 0.2) is 17.3 Å². The number of aryl methyl sites for hydroxylation is 1. The molecule has 4 amide bonds. The molecule has 67 heavy (non-hydrogen) atoms. The van der Waals surface area contributed by atoms with Gasteiger partial charge >= 0.3 is 5.97 Å². The predicted octanol–water partition coefficient (Wildman–Crippen LogP) is 0.550. The topological polar surface area (TPSA) is 328 Å². The SMILES string of the molecule is Cc1nc(-c2ccc(C3(C)CC3)cc2)ncc1C(=O)N[C@@H](CCN)C(=O)N(C)C1C(=O)NC(C)C(=O)NC(C(=O)O)Cc2ccc(OC[C@H](O)CN)c(c2)-c2cc1cc(OC[C@H](O)CN)c2O. The second-order valence-electron chi connectivity index (χ2n) is 17.3. The Morgan fingerprint density at radius 2 is 1.58 bits per heavy atom. The third kappa shape index (κ3) is 11.6. The number of aromatic nitrogens is 2. The molecule has 1 fully saturated rings. The third-order valence-corrected chi connectivity index (χ3v) is 12.1. The van der Waals surface area contributed by atoms with Crippen molar-refractivity contribution in [3.63, 3.8) is 0 Å². The number of carbonyl (C=O) groups excluding carboxylic acids is 4. The summed E-state index contributed by atoms with van der Waals surface area (Å²) in [6, 6.07) is 9.34. The minimum absolute atomic E-state index is 0.0155. The number of ether oxygens (including phenoxy) is 2. The van der Waals surface area contributed by atoms with Crippen LogP contribution in [0.2, 0.25) is 0 Å². The number of phenolic OH excluding ortho intramolecular Hbond substituents is 1. The molecule has 4 bridgehead atoms. The first kappa shape index (κ1) is 49.7. The number of carboxylic acid groups (broad SMARTS) is 1. The minimum atomic E-state index is -1.65. The fourth-order valence-corrected chi connectivity index (χ4v) is 7.65. The summed E-state index contributed by atoms with van der Waals surface area (Å²) < 4.78 is 11.8. The summed E-state index contributed by atoms with van der Waals surface area (Å²) in [7, 11) is 1.29. The molecule has 20 heteroatoms. The van der Waals surface area contributed by atoms with E-state index >= 15 is 0 Å². The van der Waals surface area contributed by atoms with Gasteiger partial charge in [-0.2, -0.15) is 0 Å². The van der Waals surface area contributed by atoms with Gasteiger partial charge in [0.05, 0.1) is 11.3 Å². The Balaban J connectivity index is 1.41. The summed E-state index contributed by atoms with van der Waals surface area (Å²) in [6.45, 7) is 4.05. The van der Waals surface area contributed by atoms with Crippen molar-refractivity contribution in [1.29, 1.82) is 0 Å². The maximum atomic E-state index is 14.7. The number of phenols is 1. The van der Waals surface area contributed by atoms with Crippen LogP contribution in [0.3, 0.4) is 0 Å². The highest BCUT2D eigenvalue weighted by Crippen LogP contribution is 2.48. The molecule has 1 aliphatic heterocycles. The van der Waals surface area contributed by atoms with Crippen LogP contribution in [0.25, 0.3) is 22.5 Å². The Morgan fingerprint density at radius 1 is 0.925 bits per heavy atom. The van der Waals surface area contributed by atoms with E-state index in [1.807, 2.05) is 12.1 Å². The first-order valence-corrected chi connectivity index (χ1v) is 22.0. The zero-order valence-corrected chi connectivity index (χ0v) is 37.8. The van der Waals surface area contributed by atoms with E-state index < -0.39 is 78.3 Å². The average molecular weight is 926 g/mol. The van der Waals surface area contributed by atoms with Gasteiger partial charge in [-0.1, -0.05) is 37.3 Å². The number of rotatable bonds is 17. The molecule has 0 saturated heterocycles. The number of hydrogen-bond donors (Lipinski definition) is 10. The van der Waals surface area contributed by atoms with Crippen LogP contribution in [0.1, 0.15) is 71.9 Å². The monoisotopic (exact) mass is 925 g/mol. The van der Waals surface area contributed by atoms with Gasteiger partial charge in [0, 0.05) is 49.4 Å². The second-order valence-corrected chi connectivity index (χ2v) is 17.3. The zero-order chi connectivity index (χ0) is 48.7. The number of amides is 4. The summed E-state index contributed by atoms with van der Waals surface area (Å²) in [5, 5.41) is 50.4. The quantitative estimate of drug-likeness (QED) is 0.0691. The molecule has 358 valence electrons. The van der Waals surface area contributed by atoms with Crippen molar-refractivity contribution in [3.8, 4) is 39.8 Å². The van der Waals surface area contributed by atoms with Crippen molar-refractivity contribution < 1.29 is 53.9 Å². The first-order chi connectivity index (χ1) is 31.9. The number of nitrogens with two attached hydrogens (primary N) is 3. The van der Waals surface area contributed by atoms with Crippen molar-refractivity contribution >= 4 is 29.6 Å². The number of aromatic hydroxyl groups is 1. The van der Waals surface area contributed by atoms with Gasteiger partial charge in [0.1, 0.15) is 55.3 Å². The van der Waals surface area contributed by atoms with Crippen molar-refractivity contribution in [2.45, 2.75) is 88.2 Å². The van der Waals surface area contributed by atoms with Crippen molar-refractivity contribution in [2.75, 3.05) is 39.9 Å². The summed E-state index contributed by atoms with van der Waals surface area (Å²) in [6.07, 6.45) is 1.00. The van der Waals surface area contributed by atoms with Crippen LogP contribution in [0, 0.1) is 6.92 Å². The number of likely N-dealkylation sites (N-methyl/N-ethyl adjacent to an activating group) is 1. The number of aliphatic hydroxyl groups excluding tert-OH is 2. The maximum Gasteiger partial charge on any atom is 0.326 e. The van der Waals surface area contributed by atoms with Crippen LogP contribution in [0.4, 0.5) is 0 Å². The molecule has 6 atom stereocenters. The molecule has 2 aliphatic rings. The Kier molecular flexibility index (Phi) is 15.8. The molecule has 1 aromatic heterocycles. The van der Waals surface area contributed by atoms with Crippen LogP contribution in [-0.4, -0.2) is 135 Å². The normalized spacial score (nSPS) is 19.1. The third-order valence-electron chi connectivity index (χ3n) is 12.1. The van der Waals surface area contributed by atoms with Gasteiger partial charge in [-0.25, -0.2) is 14.8 Å². The number of fused-ring (bicyclic) bond motifs is 5. The van der Waals surface area contributed by atoms with E-state index in [1.54, 1.807) is 13.0 Å². The molecule has 1 saturated carbocycles. The summed E-state index contributed by atoms with van der Waals surface area (Å²) in [4.78, 5) is 79.3. The Bertz CT molecular complexity index is 2480. The molecule has 0 spiro atoms. The number of nitrogens with zero attached hydrogens (tertiary/aromatic N) is 3. The minimum Gasteiger partial charge on any atom is -0.504 e. The number of carbonyl (C=O) groups is 5. The van der Waals surface area contributed by atoms with E-state index in [2.05, 4.69) is 45.0 Å². The fraction of sp³-hybridized carbons (Fsp3) is 0.426. The zero-order valence-electron chi connectivity index (χ0n) is 37.8. The van der Waals surface area contributed by atoms with Gasteiger partial charge in [0.2, 0.25) is 17.7 Å². The summed E-state index contributed by atoms with van der Waals surface area (Å²) in [5.41, 5.74) is 20.3. The summed E-state index contributed by atoms with van der Waals surface area (Å²) in [5.74, 6) is -4.93. The number of benzene rings is 3. The smallest absolute Gasteiger partial charge is 0.326 e. The molecule has 1 aliphatic carbocycles. The number of aliphatic hydroxyl groups is 2. The van der Waals surface area contributed by atoms with Gasteiger partial charge in [-0.3, -0.25) is 19.2 Å². The van der Waals surface area contributed by atoms with Crippen LogP contribution >= 0.6 is 0 Å². The van der Waals surface area contributed by atoms with Crippen LogP contribution in [-0.2, 0) is 31.0 Å². The maximum absolute atomic E-state index is 14.7. The molecule has 4 aromatic rings. The van der Waals surface area contributed by atoms with E-state index in [0.717, 1.165) is 23.3 Å². The molecule has 3 unspecified atom stereocenters. The Hall–Kier alpha value is -6.71. The van der Waals surface area contributed by atoms with Crippen molar-refractivity contribution in [1.82, 2.24) is 30.8 Å². The standard InChI is InChI=1S/C47H59N9O11/c1-24-34(21-51-41(52-24)27-6-8-29(9-7-27)47(3)12-13-47)43(61)54-35(11-14-48)45(63)56(4)39-28-17-33(40(59)38(18-28)67-23-31(58)20-50)32-15-26(5-10-37(32)66-22-30(57)19-49)16-36(46(64)65)55-42(60)25(2)53-44(39)62/h5-10,15,17-18,21,25,30-31,35-36,39,57-59H,11-14,16,19-20,22-23,48-50H2,1-4H3,(H,53,62)(H,54,61)(H,55,60)(H,64,65)/t25?,30-,31-,35+,36?,39?/m1/s1. The predicted molar refractivity (Wildman–Crippen MR) is 245 cm³/mol. The number of carboxylic acids is 1. The van der Waals surface area contributed by atoms with Crippen LogP contribution in [0.5, 0.6) is 17.2 Å². The Morgan fingerprint density at radius 3 is 2.18 bits per heavy atom. The van der Waals surface area contributed by atoms with E-state index in [4.69, 9.17) is 26.7 Å². The van der Waals surface area contributed by atoms with E-state index in [1.165, 1.54) is 50.0 Å². The van der Waals surface area contributed by atoms with Gasteiger partial charge in [-0.05, 0) is 86.0 Å². The molecular formula is C47H59N9O11. The molecular weight excluding hydrogens is 867 g/mol. The number of hydrogen-bond acceptors (Lipinski definition) is 15. The van der Waals surface area contributed by atoms with E-state index in [-0.39, 0.29) is 78.3 Å². The van der Waals surface area contributed by atoms with E-state index in [0.29, 0.717) is 17.1 Å². The lowest BCUT2D eigenvalue weighted by Crippen LogP contribution is -2.55. The van der Waals surface area contributed by atoms with Crippen molar-refractivity contribution in [2.24, 2.45) is 17.2 Å². The van der Waals surface area contributed by atoms with Gasteiger partial charge in [-0.15, -0.1) is 0 Å². The molecule has 3 aromatic carbocycles. The van der Waals surface area contributed by atoms with E-state index in [9.17, 15) is 44.4 Å². The molecule has 2 heterocycles. The molecule has 20 nitrogen and oxygen atoms in total. The lowest BCUT2D eigenvalue weighted by molar-refractivity contribution is -0.143.